The molecule has 0 bridgehead atoms. The summed E-state index contributed by atoms with van der Waals surface area (Å²) in [6.07, 6.45) is 0.397. The third-order valence-electron chi connectivity index (χ3n) is 5.85. The highest BCUT2D eigenvalue weighted by molar-refractivity contribution is 5.76. The summed E-state index contributed by atoms with van der Waals surface area (Å²) in [4.78, 5) is 16.5. The van der Waals surface area contributed by atoms with Crippen LogP contribution in [0.25, 0.3) is 0 Å². The second-order valence-corrected chi connectivity index (χ2v) is 7.82. The number of benzene rings is 1. The van der Waals surface area contributed by atoms with Crippen molar-refractivity contribution in [1.82, 2.24) is 15.1 Å². The van der Waals surface area contributed by atoms with Gasteiger partial charge in [-0.2, -0.15) is 13.2 Å². The third kappa shape index (κ3) is 3.82. The maximum Gasteiger partial charge on any atom is 0.416 e. The molecule has 1 aliphatic heterocycles. The smallest absolute Gasteiger partial charge is 0.332 e. The summed E-state index contributed by atoms with van der Waals surface area (Å²) in [5.41, 5.74) is 0.336. The van der Waals surface area contributed by atoms with E-state index in [1.165, 1.54) is 25.0 Å². The number of hydrogen-bond acceptors (Lipinski definition) is 2. The molecule has 0 atom stereocenters. The molecule has 1 saturated heterocycles. The first-order valence-electron chi connectivity index (χ1n) is 9.31. The summed E-state index contributed by atoms with van der Waals surface area (Å²) in [6, 6.07) is 5.38. The zero-order chi connectivity index (χ0) is 18.4. The highest BCUT2D eigenvalue weighted by Gasteiger charge is 2.55. The molecule has 7 heteroatoms. The van der Waals surface area contributed by atoms with Gasteiger partial charge in [0.25, 0.3) is 0 Å². The van der Waals surface area contributed by atoms with Crippen molar-refractivity contribution < 1.29 is 18.0 Å². The van der Waals surface area contributed by atoms with Gasteiger partial charge in [-0.05, 0) is 49.3 Å². The Kier molecular flexibility index (Phi) is 4.37. The van der Waals surface area contributed by atoms with Crippen molar-refractivity contribution in [3.63, 3.8) is 0 Å². The molecule has 1 aromatic carbocycles. The minimum Gasteiger partial charge on any atom is -0.332 e. The van der Waals surface area contributed by atoms with E-state index in [0.29, 0.717) is 25.6 Å². The van der Waals surface area contributed by atoms with Crippen LogP contribution in [0, 0.1) is 5.92 Å². The van der Waals surface area contributed by atoms with Crippen molar-refractivity contribution in [3.8, 4) is 0 Å². The lowest BCUT2D eigenvalue weighted by molar-refractivity contribution is -0.137. The van der Waals surface area contributed by atoms with Crippen LogP contribution in [0.15, 0.2) is 24.3 Å². The van der Waals surface area contributed by atoms with E-state index in [2.05, 4.69) is 10.2 Å². The van der Waals surface area contributed by atoms with E-state index in [9.17, 15) is 18.0 Å². The molecule has 2 aliphatic carbocycles. The molecule has 4 nitrogen and oxygen atoms in total. The summed E-state index contributed by atoms with van der Waals surface area (Å²) in [6.45, 7) is 3.41. The minimum absolute atomic E-state index is 0.0450. The predicted octanol–water partition coefficient (Wildman–Crippen LogP) is 3.48. The Hall–Kier alpha value is -1.76. The standard InChI is InChI=1S/C19H24F3N3O/c20-19(21,22)16-3-1-14(2-4-16)13-24-9-11-25(12-10-24)17(26)23-18(7-8-18)15-5-6-15/h1-4,15H,5-13H2,(H,23,26). The molecule has 0 spiro atoms. The Morgan fingerprint density at radius 2 is 1.69 bits per heavy atom. The van der Waals surface area contributed by atoms with Crippen LogP contribution in [0.3, 0.4) is 0 Å². The second kappa shape index (κ2) is 6.44. The number of nitrogens with one attached hydrogen (secondary N) is 1. The number of hydrogen-bond donors (Lipinski definition) is 1. The number of alkyl halides is 3. The lowest BCUT2D eigenvalue weighted by Gasteiger charge is -2.35. The molecular formula is C19H24F3N3O. The molecule has 2 saturated carbocycles. The van der Waals surface area contributed by atoms with Crippen molar-refractivity contribution in [2.75, 3.05) is 26.2 Å². The molecule has 1 heterocycles. The molecule has 3 fully saturated rings. The van der Waals surface area contributed by atoms with Gasteiger partial charge in [0.15, 0.2) is 0 Å². The van der Waals surface area contributed by atoms with E-state index in [4.69, 9.17) is 0 Å². The fraction of sp³-hybridized carbons (Fsp3) is 0.632. The van der Waals surface area contributed by atoms with Crippen LogP contribution < -0.4 is 5.32 Å². The summed E-state index contributed by atoms with van der Waals surface area (Å²) in [5, 5.41) is 3.25. The van der Waals surface area contributed by atoms with Gasteiger partial charge in [0.1, 0.15) is 0 Å². The summed E-state index contributed by atoms with van der Waals surface area (Å²) in [5.74, 6) is 0.687. The molecule has 26 heavy (non-hydrogen) atoms. The lowest BCUT2D eigenvalue weighted by Crippen LogP contribution is -2.54. The Bertz CT molecular complexity index is 658. The van der Waals surface area contributed by atoms with Gasteiger partial charge in [0.2, 0.25) is 0 Å². The first-order chi connectivity index (χ1) is 12.4. The first kappa shape index (κ1) is 17.6. The van der Waals surface area contributed by atoms with Gasteiger partial charge in [-0.15, -0.1) is 0 Å². The molecule has 3 aliphatic rings. The van der Waals surface area contributed by atoms with E-state index < -0.39 is 11.7 Å². The zero-order valence-electron chi connectivity index (χ0n) is 14.7. The number of halogens is 3. The molecule has 4 rings (SSSR count). The molecule has 0 aromatic heterocycles. The number of urea groups is 1. The quantitative estimate of drug-likeness (QED) is 0.885. The number of amides is 2. The molecule has 1 aromatic rings. The van der Waals surface area contributed by atoms with Crippen LogP contribution in [0.2, 0.25) is 0 Å². The van der Waals surface area contributed by atoms with Gasteiger partial charge < -0.3 is 10.2 Å². The number of piperazine rings is 1. The normalized spacial score (nSPS) is 23.0. The van der Waals surface area contributed by atoms with Crippen molar-refractivity contribution in [3.05, 3.63) is 35.4 Å². The maximum absolute atomic E-state index is 12.6. The molecule has 2 amide bonds. The molecule has 0 radical (unpaired) electrons. The number of rotatable bonds is 4. The van der Waals surface area contributed by atoms with Crippen LogP contribution in [-0.4, -0.2) is 47.5 Å². The number of nitrogens with zero attached hydrogens (tertiary/aromatic N) is 2. The van der Waals surface area contributed by atoms with E-state index >= 15 is 0 Å². The molecule has 0 unspecified atom stereocenters. The molecule has 1 N–H and O–H groups in total. The van der Waals surface area contributed by atoms with E-state index in [1.807, 2.05) is 4.90 Å². The number of carbonyl (C=O) groups excluding carboxylic acids is 1. The average molecular weight is 367 g/mol. The average Bonchev–Trinajstić information content (AvgIpc) is 3.49. The highest BCUT2D eigenvalue weighted by Crippen LogP contribution is 2.53. The van der Waals surface area contributed by atoms with E-state index in [1.54, 1.807) is 0 Å². The Labute approximate surface area is 151 Å². The van der Waals surface area contributed by atoms with Crippen LogP contribution >= 0.6 is 0 Å². The molecular weight excluding hydrogens is 343 g/mol. The van der Waals surface area contributed by atoms with Crippen LogP contribution in [0.5, 0.6) is 0 Å². The largest absolute Gasteiger partial charge is 0.416 e. The lowest BCUT2D eigenvalue weighted by atomic mass is 10.1. The maximum atomic E-state index is 12.6. The summed E-state index contributed by atoms with van der Waals surface area (Å²) < 4.78 is 37.9. The minimum atomic E-state index is -4.29. The van der Waals surface area contributed by atoms with Crippen molar-refractivity contribution in [1.29, 1.82) is 0 Å². The van der Waals surface area contributed by atoms with Gasteiger partial charge in [0.05, 0.1) is 5.56 Å². The van der Waals surface area contributed by atoms with Gasteiger partial charge in [-0.25, -0.2) is 4.79 Å². The van der Waals surface area contributed by atoms with Gasteiger partial charge in [-0.1, -0.05) is 12.1 Å². The first-order valence-corrected chi connectivity index (χ1v) is 9.31. The van der Waals surface area contributed by atoms with E-state index in [-0.39, 0.29) is 11.6 Å². The second-order valence-electron chi connectivity index (χ2n) is 7.82. The van der Waals surface area contributed by atoms with E-state index in [0.717, 1.165) is 43.6 Å². The van der Waals surface area contributed by atoms with Crippen molar-refractivity contribution >= 4 is 6.03 Å². The van der Waals surface area contributed by atoms with Gasteiger partial charge in [0, 0.05) is 38.3 Å². The summed E-state index contributed by atoms with van der Waals surface area (Å²) >= 11 is 0. The zero-order valence-corrected chi connectivity index (χ0v) is 14.7. The Morgan fingerprint density at radius 1 is 1.08 bits per heavy atom. The fourth-order valence-electron chi connectivity index (χ4n) is 3.86. The monoisotopic (exact) mass is 367 g/mol. The SMILES string of the molecule is O=C(NC1(C2CC2)CC1)N1CCN(Cc2ccc(C(F)(F)F)cc2)CC1. The van der Waals surface area contributed by atoms with Crippen molar-refractivity contribution in [2.24, 2.45) is 5.92 Å². The molecule has 142 valence electrons. The topological polar surface area (TPSA) is 35.6 Å². The van der Waals surface area contributed by atoms with Crippen molar-refractivity contribution in [2.45, 2.75) is 43.9 Å². The highest BCUT2D eigenvalue weighted by atomic mass is 19.4. The fourth-order valence-corrected chi connectivity index (χ4v) is 3.86. The number of carbonyl (C=O) groups is 1. The van der Waals surface area contributed by atoms with Gasteiger partial charge >= 0.3 is 12.2 Å². The third-order valence-corrected chi connectivity index (χ3v) is 5.85. The summed E-state index contributed by atoms with van der Waals surface area (Å²) in [7, 11) is 0. The van der Waals surface area contributed by atoms with Gasteiger partial charge in [-0.3, -0.25) is 4.90 Å². The Morgan fingerprint density at radius 3 is 2.19 bits per heavy atom. The van der Waals surface area contributed by atoms with Crippen LogP contribution in [-0.2, 0) is 12.7 Å². The van der Waals surface area contributed by atoms with Crippen LogP contribution in [0.4, 0.5) is 18.0 Å². The van der Waals surface area contributed by atoms with Crippen LogP contribution in [0.1, 0.15) is 36.8 Å². The Balaban J connectivity index is 1.25. The predicted molar refractivity (Wildman–Crippen MR) is 91.5 cm³/mol.